The Balaban J connectivity index is 2.04. The summed E-state index contributed by atoms with van der Waals surface area (Å²) in [7, 11) is -7.08. The van der Waals surface area contributed by atoms with Gasteiger partial charge in [-0.1, -0.05) is 6.07 Å². The lowest BCUT2D eigenvalue weighted by Crippen LogP contribution is -2.44. The summed E-state index contributed by atoms with van der Waals surface area (Å²) in [4.78, 5) is 13.9. The van der Waals surface area contributed by atoms with Crippen LogP contribution in [0.2, 0.25) is 0 Å². The zero-order valence-electron chi connectivity index (χ0n) is 12.3. The molecule has 0 saturated carbocycles. The number of hydrazine groups is 1. The number of amides is 1. The van der Waals surface area contributed by atoms with Crippen molar-refractivity contribution in [3.05, 3.63) is 29.3 Å². The average molecular weight is 346 g/mol. The van der Waals surface area contributed by atoms with Crippen molar-refractivity contribution in [2.24, 2.45) is 5.92 Å². The molecule has 0 aliphatic carbocycles. The van der Waals surface area contributed by atoms with Crippen LogP contribution in [0.3, 0.4) is 0 Å². The molecule has 122 valence electrons. The summed E-state index contributed by atoms with van der Waals surface area (Å²) >= 11 is 0. The highest BCUT2D eigenvalue weighted by atomic mass is 32.2. The third-order valence-electron chi connectivity index (χ3n) is 3.70. The predicted octanol–water partition coefficient (Wildman–Crippen LogP) is 0.0476. The summed E-state index contributed by atoms with van der Waals surface area (Å²) in [6.07, 6.45) is 0.208. The van der Waals surface area contributed by atoms with Gasteiger partial charge >= 0.3 is 0 Å². The zero-order chi connectivity index (χ0) is 16.5. The van der Waals surface area contributed by atoms with Crippen LogP contribution in [0.25, 0.3) is 0 Å². The molecule has 1 fully saturated rings. The van der Waals surface area contributed by atoms with Gasteiger partial charge in [-0.25, -0.2) is 16.8 Å². The molecule has 1 aliphatic rings. The van der Waals surface area contributed by atoms with Gasteiger partial charge in [0.25, 0.3) is 10.0 Å². The minimum absolute atomic E-state index is 0.0370. The number of aryl methyl sites for hydroxylation is 2. The second kappa shape index (κ2) is 5.98. The van der Waals surface area contributed by atoms with Crippen LogP contribution in [0.5, 0.6) is 0 Å². The van der Waals surface area contributed by atoms with Crippen molar-refractivity contribution >= 4 is 25.8 Å². The van der Waals surface area contributed by atoms with Gasteiger partial charge < -0.3 is 0 Å². The molecule has 0 bridgehead atoms. The SMILES string of the molecule is Cc1ccc(S(=O)(=O)NNC(=O)[C@@H]2CCS(=O)(=O)C2)cc1C. The lowest BCUT2D eigenvalue weighted by Gasteiger charge is -2.12. The molecular formula is C13H18N2O5S2. The summed E-state index contributed by atoms with van der Waals surface area (Å²) in [5, 5.41) is 0. The summed E-state index contributed by atoms with van der Waals surface area (Å²) in [6, 6.07) is 4.62. The van der Waals surface area contributed by atoms with Crippen LogP contribution in [-0.2, 0) is 24.7 Å². The third-order valence-corrected chi connectivity index (χ3v) is 6.71. The van der Waals surface area contributed by atoms with Crippen LogP contribution in [0.15, 0.2) is 23.1 Å². The van der Waals surface area contributed by atoms with Crippen molar-refractivity contribution in [3.8, 4) is 0 Å². The molecule has 0 aromatic heterocycles. The smallest absolute Gasteiger partial charge is 0.257 e. The van der Waals surface area contributed by atoms with Crippen molar-refractivity contribution in [1.82, 2.24) is 10.3 Å². The van der Waals surface area contributed by atoms with E-state index in [1.54, 1.807) is 13.0 Å². The van der Waals surface area contributed by atoms with E-state index in [0.717, 1.165) is 11.1 Å². The Kier molecular flexibility index (Phi) is 4.59. The largest absolute Gasteiger partial charge is 0.277 e. The fraction of sp³-hybridized carbons (Fsp3) is 0.462. The van der Waals surface area contributed by atoms with E-state index < -0.39 is 31.7 Å². The number of carbonyl (C=O) groups excluding carboxylic acids is 1. The Labute approximate surface area is 130 Å². The first kappa shape index (κ1) is 16.9. The Morgan fingerprint density at radius 2 is 1.91 bits per heavy atom. The van der Waals surface area contributed by atoms with E-state index in [9.17, 15) is 21.6 Å². The van der Waals surface area contributed by atoms with Gasteiger partial charge in [-0.15, -0.1) is 4.83 Å². The molecule has 2 N–H and O–H groups in total. The standard InChI is InChI=1S/C13H18N2O5S2/c1-9-3-4-12(7-10(9)2)22(19,20)15-14-13(16)11-5-6-21(17,18)8-11/h3-4,7,11,15H,5-6,8H2,1-2H3,(H,14,16)/t11-/m1/s1. The molecule has 1 aromatic carbocycles. The third kappa shape index (κ3) is 3.84. The van der Waals surface area contributed by atoms with E-state index in [-0.39, 0.29) is 22.8 Å². The number of nitrogens with one attached hydrogen (secondary N) is 2. The minimum atomic E-state index is -3.88. The Hall–Kier alpha value is -1.45. The molecule has 1 aliphatic heterocycles. The fourth-order valence-corrected chi connectivity index (χ4v) is 4.83. The summed E-state index contributed by atoms with van der Waals surface area (Å²) in [6.45, 7) is 3.65. The van der Waals surface area contributed by atoms with Crippen LogP contribution in [0.4, 0.5) is 0 Å². The minimum Gasteiger partial charge on any atom is -0.277 e. The zero-order valence-corrected chi connectivity index (χ0v) is 13.9. The lowest BCUT2D eigenvalue weighted by molar-refractivity contribution is -0.124. The molecule has 1 heterocycles. The number of sulfonamides is 1. The molecule has 7 nitrogen and oxygen atoms in total. The average Bonchev–Trinajstić information content (AvgIpc) is 2.79. The monoisotopic (exact) mass is 346 g/mol. The number of benzene rings is 1. The van der Waals surface area contributed by atoms with Crippen molar-refractivity contribution in [2.75, 3.05) is 11.5 Å². The molecule has 0 unspecified atom stereocenters. The second-order valence-electron chi connectivity index (χ2n) is 5.44. The van der Waals surface area contributed by atoms with Gasteiger partial charge in [0.1, 0.15) is 0 Å². The van der Waals surface area contributed by atoms with Crippen molar-refractivity contribution in [1.29, 1.82) is 0 Å². The molecule has 0 spiro atoms. The number of hydrogen-bond donors (Lipinski definition) is 2. The maximum Gasteiger partial charge on any atom is 0.257 e. The quantitative estimate of drug-likeness (QED) is 0.749. The molecule has 1 atom stereocenters. The maximum absolute atomic E-state index is 12.1. The second-order valence-corrected chi connectivity index (χ2v) is 9.35. The number of hydrogen-bond acceptors (Lipinski definition) is 5. The van der Waals surface area contributed by atoms with E-state index in [1.807, 2.05) is 11.8 Å². The van der Waals surface area contributed by atoms with Crippen LogP contribution in [0.1, 0.15) is 17.5 Å². The summed E-state index contributed by atoms with van der Waals surface area (Å²) < 4.78 is 46.8. The Morgan fingerprint density at radius 1 is 1.23 bits per heavy atom. The van der Waals surface area contributed by atoms with Crippen molar-refractivity contribution in [2.45, 2.75) is 25.2 Å². The molecule has 0 radical (unpaired) electrons. The van der Waals surface area contributed by atoms with E-state index >= 15 is 0 Å². The maximum atomic E-state index is 12.1. The first-order valence-corrected chi connectivity index (χ1v) is 10.0. The first-order valence-electron chi connectivity index (χ1n) is 6.70. The highest BCUT2D eigenvalue weighted by molar-refractivity contribution is 7.91. The van der Waals surface area contributed by atoms with Gasteiger partial charge in [-0.05, 0) is 43.5 Å². The first-order chi connectivity index (χ1) is 10.1. The summed E-state index contributed by atoms with van der Waals surface area (Å²) in [5.74, 6) is -1.64. The number of carbonyl (C=O) groups is 1. The predicted molar refractivity (Wildman–Crippen MR) is 81.1 cm³/mol. The molecule has 1 amide bonds. The Bertz CT molecular complexity index is 800. The van der Waals surface area contributed by atoms with Gasteiger partial charge in [-0.2, -0.15) is 0 Å². The molecule has 9 heteroatoms. The lowest BCUT2D eigenvalue weighted by atomic mass is 10.1. The van der Waals surface area contributed by atoms with Gasteiger partial charge in [0.2, 0.25) is 5.91 Å². The normalized spacial score (nSPS) is 20.7. The Morgan fingerprint density at radius 3 is 2.45 bits per heavy atom. The number of rotatable bonds is 4. The molecule has 22 heavy (non-hydrogen) atoms. The van der Waals surface area contributed by atoms with E-state index in [4.69, 9.17) is 0 Å². The number of sulfone groups is 1. The van der Waals surface area contributed by atoms with Crippen LogP contribution < -0.4 is 10.3 Å². The van der Waals surface area contributed by atoms with Gasteiger partial charge in [0.15, 0.2) is 9.84 Å². The topological polar surface area (TPSA) is 109 Å². The molecule has 1 saturated heterocycles. The highest BCUT2D eigenvalue weighted by Crippen LogP contribution is 2.18. The molecular weight excluding hydrogens is 328 g/mol. The van der Waals surface area contributed by atoms with E-state index in [0.29, 0.717) is 0 Å². The van der Waals surface area contributed by atoms with E-state index in [2.05, 4.69) is 5.43 Å². The fourth-order valence-electron chi connectivity index (χ4n) is 2.16. The molecule has 1 aromatic rings. The van der Waals surface area contributed by atoms with Crippen molar-refractivity contribution in [3.63, 3.8) is 0 Å². The van der Waals surface area contributed by atoms with Crippen LogP contribution in [-0.4, -0.2) is 34.2 Å². The molecule has 2 rings (SSSR count). The summed E-state index contributed by atoms with van der Waals surface area (Å²) in [5.41, 5.74) is 3.87. The van der Waals surface area contributed by atoms with Crippen molar-refractivity contribution < 1.29 is 21.6 Å². The van der Waals surface area contributed by atoms with E-state index in [1.165, 1.54) is 12.1 Å². The van der Waals surface area contributed by atoms with Gasteiger partial charge in [0, 0.05) is 0 Å². The van der Waals surface area contributed by atoms with Crippen LogP contribution in [0, 0.1) is 19.8 Å². The van der Waals surface area contributed by atoms with Crippen LogP contribution >= 0.6 is 0 Å². The highest BCUT2D eigenvalue weighted by Gasteiger charge is 2.33. The van der Waals surface area contributed by atoms with Gasteiger partial charge in [-0.3, -0.25) is 10.2 Å². The van der Waals surface area contributed by atoms with Gasteiger partial charge in [0.05, 0.1) is 22.3 Å².